The zero-order valence-electron chi connectivity index (χ0n) is 12.5. The lowest BCUT2D eigenvalue weighted by molar-refractivity contribution is -0.384. The van der Waals surface area contributed by atoms with Gasteiger partial charge in [-0.1, -0.05) is 12.1 Å². The van der Waals surface area contributed by atoms with Gasteiger partial charge in [0.1, 0.15) is 0 Å². The van der Waals surface area contributed by atoms with Crippen molar-refractivity contribution in [1.29, 1.82) is 0 Å². The maximum absolute atomic E-state index is 11.6. The first-order valence-corrected chi connectivity index (χ1v) is 6.89. The molecule has 0 saturated heterocycles. The van der Waals surface area contributed by atoms with E-state index in [0.717, 1.165) is 0 Å². The van der Waals surface area contributed by atoms with E-state index in [4.69, 9.17) is 12.2 Å². The second-order valence-electron chi connectivity index (χ2n) is 5.50. The van der Waals surface area contributed by atoms with E-state index < -0.39 is 10.8 Å². The number of nitrogens with one attached hydrogen (secondary N) is 3. The van der Waals surface area contributed by atoms with Crippen molar-refractivity contribution in [3.63, 3.8) is 0 Å². The van der Waals surface area contributed by atoms with E-state index in [2.05, 4.69) is 16.2 Å². The molecule has 0 bridgehead atoms. The predicted octanol–water partition coefficient (Wildman–Crippen LogP) is 1.90. The molecule has 1 aromatic rings. The topological polar surface area (TPSA) is 96.3 Å². The van der Waals surface area contributed by atoms with Gasteiger partial charge in [-0.3, -0.25) is 25.8 Å². The zero-order valence-corrected chi connectivity index (χ0v) is 13.4. The molecule has 8 heteroatoms. The third-order valence-corrected chi connectivity index (χ3v) is 2.50. The molecule has 0 aliphatic heterocycles. The zero-order chi connectivity index (χ0) is 16.8. The van der Waals surface area contributed by atoms with Gasteiger partial charge < -0.3 is 5.32 Å². The van der Waals surface area contributed by atoms with E-state index in [1.165, 1.54) is 24.3 Å². The van der Waals surface area contributed by atoms with Crippen LogP contribution in [-0.2, 0) is 4.79 Å². The number of carbonyl (C=O) groups excluding carboxylic acids is 1. The number of nitro groups is 1. The predicted molar refractivity (Wildman–Crippen MR) is 88.9 cm³/mol. The fourth-order valence-electron chi connectivity index (χ4n) is 1.45. The van der Waals surface area contributed by atoms with Gasteiger partial charge in [-0.2, -0.15) is 0 Å². The minimum Gasteiger partial charge on any atom is -0.357 e. The Hall–Kier alpha value is -2.48. The summed E-state index contributed by atoms with van der Waals surface area (Å²) in [5, 5.41) is 13.9. The Morgan fingerprint density at radius 3 is 2.59 bits per heavy atom. The van der Waals surface area contributed by atoms with Crippen molar-refractivity contribution >= 4 is 35.0 Å². The summed E-state index contributed by atoms with van der Waals surface area (Å²) in [6.45, 7) is 5.81. The maximum atomic E-state index is 11.6. The van der Waals surface area contributed by atoms with Gasteiger partial charge >= 0.3 is 0 Å². The molecule has 0 atom stereocenters. The SMILES string of the molecule is CC(C)(C)NC(=S)NNC(=O)/C=C/c1cccc([N+](=O)[O-])c1. The number of nitro benzene ring substituents is 1. The van der Waals surface area contributed by atoms with E-state index in [1.54, 1.807) is 12.1 Å². The molecule has 0 aromatic heterocycles. The van der Waals surface area contributed by atoms with Crippen LogP contribution in [0.25, 0.3) is 6.08 Å². The molecular formula is C14H18N4O3S. The van der Waals surface area contributed by atoms with Gasteiger partial charge in [0.2, 0.25) is 0 Å². The van der Waals surface area contributed by atoms with Crippen molar-refractivity contribution in [2.75, 3.05) is 0 Å². The van der Waals surface area contributed by atoms with Crippen LogP contribution in [0.1, 0.15) is 26.3 Å². The highest BCUT2D eigenvalue weighted by Crippen LogP contribution is 2.13. The molecule has 0 spiro atoms. The van der Waals surface area contributed by atoms with Crippen LogP contribution in [0.4, 0.5) is 5.69 Å². The molecule has 22 heavy (non-hydrogen) atoms. The monoisotopic (exact) mass is 322 g/mol. The van der Waals surface area contributed by atoms with Crippen LogP contribution in [0, 0.1) is 10.1 Å². The van der Waals surface area contributed by atoms with E-state index >= 15 is 0 Å². The van der Waals surface area contributed by atoms with Gasteiger partial charge in [-0.15, -0.1) is 0 Å². The minimum atomic E-state index is -0.491. The normalized spacial score (nSPS) is 11.0. The summed E-state index contributed by atoms with van der Waals surface area (Å²) in [6, 6.07) is 5.98. The van der Waals surface area contributed by atoms with Gasteiger partial charge in [-0.05, 0) is 44.6 Å². The molecule has 1 amide bonds. The third-order valence-electron chi connectivity index (χ3n) is 2.30. The molecule has 1 rings (SSSR count). The standard InChI is InChI=1S/C14H18N4O3S/c1-14(2,3)15-13(22)17-16-12(19)8-7-10-5-4-6-11(9-10)18(20)21/h4-9H,1-3H3,(H,16,19)(H2,15,17,22)/b8-7+. The molecule has 0 heterocycles. The Bertz CT molecular complexity index is 608. The van der Waals surface area contributed by atoms with Crippen LogP contribution < -0.4 is 16.2 Å². The van der Waals surface area contributed by atoms with E-state index in [0.29, 0.717) is 10.7 Å². The van der Waals surface area contributed by atoms with E-state index in [-0.39, 0.29) is 11.2 Å². The molecule has 0 unspecified atom stereocenters. The number of hydrogen-bond donors (Lipinski definition) is 3. The van der Waals surface area contributed by atoms with Crippen molar-refractivity contribution in [3.8, 4) is 0 Å². The van der Waals surface area contributed by atoms with Gasteiger partial charge in [0.05, 0.1) is 4.92 Å². The first-order chi connectivity index (χ1) is 10.2. The van der Waals surface area contributed by atoms with Crippen molar-refractivity contribution in [2.45, 2.75) is 26.3 Å². The first-order valence-electron chi connectivity index (χ1n) is 6.48. The summed E-state index contributed by atoms with van der Waals surface area (Å²) in [6.07, 6.45) is 2.73. The highest BCUT2D eigenvalue weighted by Gasteiger charge is 2.10. The number of carbonyl (C=O) groups is 1. The quantitative estimate of drug-likeness (QED) is 0.340. The molecule has 118 valence electrons. The highest BCUT2D eigenvalue weighted by molar-refractivity contribution is 7.80. The Kier molecular flexibility index (Phi) is 6.00. The average molecular weight is 322 g/mol. The number of amides is 1. The molecule has 0 aliphatic carbocycles. The lowest BCUT2D eigenvalue weighted by Gasteiger charge is -2.22. The van der Waals surface area contributed by atoms with Gasteiger partial charge in [0.15, 0.2) is 5.11 Å². The molecular weight excluding hydrogens is 304 g/mol. The average Bonchev–Trinajstić information content (AvgIpc) is 2.41. The van der Waals surface area contributed by atoms with Crippen molar-refractivity contribution in [1.82, 2.24) is 16.2 Å². The summed E-state index contributed by atoms with van der Waals surface area (Å²) in [5.41, 5.74) is 5.27. The summed E-state index contributed by atoms with van der Waals surface area (Å²) < 4.78 is 0. The molecule has 0 aliphatic rings. The molecule has 7 nitrogen and oxygen atoms in total. The van der Waals surface area contributed by atoms with Crippen LogP contribution in [0.3, 0.4) is 0 Å². The lowest BCUT2D eigenvalue weighted by Crippen LogP contribution is -2.51. The largest absolute Gasteiger partial charge is 0.357 e. The van der Waals surface area contributed by atoms with Crippen molar-refractivity contribution < 1.29 is 9.72 Å². The molecule has 3 N–H and O–H groups in total. The number of non-ortho nitro benzene ring substituents is 1. The number of benzene rings is 1. The first kappa shape index (κ1) is 17.6. The van der Waals surface area contributed by atoms with Crippen LogP contribution in [0.5, 0.6) is 0 Å². The number of nitrogens with zero attached hydrogens (tertiary/aromatic N) is 1. The van der Waals surface area contributed by atoms with Gasteiger partial charge in [0, 0.05) is 23.7 Å². The highest BCUT2D eigenvalue weighted by atomic mass is 32.1. The number of rotatable bonds is 3. The van der Waals surface area contributed by atoms with Crippen molar-refractivity contribution in [3.05, 3.63) is 46.0 Å². The summed E-state index contributed by atoms with van der Waals surface area (Å²) in [5.74, 6) is -0.426. The number of hydrazine groups is 1. The Morgan fingerprint density at radius 1 is 1.32 bits per heavy atom. The molecule has 0 fully saturated rings. The van der Waals surface area contributed by atoms with Crippen LogP contribution in [-0.4, -0.2) is 21.5 Å². The van der Waals surface area contributed by atoms with E-state index in [9.17, 15) is 14.9 Å². The molecule has 0 saturated carbocycles. The molecule has 1 aromatic carbocycles. The lowest BCUT2D eigenvalue weighted by atomic mass is 10.1. The smallest absolute Gasteiger partial charge is 0.270 e. The summed E-state index contributed by atoms with van der Waals surface area (Å²) in [7, 11) is 0. The fourth-order valence-corrected chi connectivity index (χ4v) is 1.80. The fraction of sp³-hybridized carbons (Fsp3) is 0.286. The summed E-state index contributed by atoms with van der Waals surface area (Å²) >= 11 is 5.01. The second-order valence-corrected chi connectivity index (χ2v) is 5.91. The van der Waals surface area contributed by atoms with Gasteiger partial charge in [0.25, 0.3) is 11.6 Å². The Balaban J connectivity index is 2.53. The van der Waals surface area contributed by atoms with Crippen LogP contribution in [0.2, 0.25) is 0 Å². The third kappa shape index (κ3) is 6.80. The maximum Gasteiger partial charge on any atom is 0.270 e. The summed E-state index contributed by atoms with van der Waals surface area (Å²) in [4.78, 5) is 21.8. The van der Waals surface area contributed by atoms with Crippen LogP contribution >= 0.6 is 12.2 Å². The number of hydrogen-bond acceptors (Lipinski definition) is 4. The van der Waals surface area contributed by atoms with E-state index in [1.807, 2.05) is 20.8 Å². The Labute approximate surface area is 133 Å². The number of thiocarbonyl (C=S) groups is 1. The van der Waals surface area contributed by atoms with Gasteiger partial charge in [-0.25, -0.2) is 0 Å². The minimum absolute atomic E-state index is 0.0313. The van der Waals surface area contributed by atoms with Crippen LogP contribution in [0.15, 0.2) is 30.3 Å². The molecule has 0 radical (unpaired) electrons. The van der Waals surface area contributed by atoms with Crippen molar-refractivity contribution in [2.24, 2.45) is 0 Å². The second kappa shape index (κ2) is 7.51. The Morgan fingerprint density at radius 2 is 2.00 bits per heavy atom.